The number of nitrogens with zero attached hydrogens (tertiary/aromatic N) is 1. The Labute approximate surface area is 75.4 Å². The van der Waals surface area contributed by atoms with Crippen LogP contribution in [0, 0.1) is 0 Å². The van der Waals surface area contributed by atoms with Crippen LogP contribution in [-0.2, 0) is 0 Å². The van der Waals surface area contributed by atoms with Crippen molar-refractivity contribution in [2.75, 3.05) is 0 Å². The van der Waals surface area contributed by atoms with Crippen molar-refractivity contribution in [3.63, 3.8) is 0 Å². The molecule has 1 aliphatic heterocycles. The molecular weight excluding hydrogens is 148 g/mol. The zero-order valence-electron chi connectivity index (χ0n) is 8.48. The second-order valence-corrected chi connectivity index (χ2v) is 4.03. The summed E-state index contributed by atoms with van der Waals surface area (Å²) in [5, 5.41) is 4.36. The van der Waals surface area contributed by atoms with E-state index in [9.17, 15) is 0 Å². The van der Waals surface area contributed by atoms with Gasteiger partial charge >= 0.3 is 0 Å². The third kappa shape index (κ3) is 2.23. The van der Waals surface area contributed by atoms with E-state index in [1.165, 1.54) is 25.0 Å². The van der Waals surface area contributed by atoms with Gasteiger partial charge in [-0.3, -0.25) is 0 Å². The Kier molecular flexibility index (Phi) is 3.12. The fourth-order valence-corrected chi connectivity index (χ4v) is 1.87. The van der Waals surface area contributed by atoms with E-state index < -0.39 is 0 Å². The van der Waals surface area contributed by atoms with Crippen LogP contribution in [0.25, 0.3) is 0 Å². The van der Waals surface area contributed by atoms with E-state index >= 15 is 0 Å². The predicted octanol–water partition coefficient (Wildman–Crippen LogP) is 2.69. The van der Waals surface area contributed by atoms with E-state index in [0.717, 1.165) is 12.8 Å². The van der Waals surface area contributed by atoms with Crippen molar-refractivity contribution in [3.8, 4) is 0 Å². The molecule has 0 fully saturated rings. The molecule has 1 rings (SSSR count). The summed E-state index contributed by atoms with van der Waals surface area (Å²) in [6.07, 6.45) is 5.98. The first-order valence-corrected chi connectivity index (χ1v) is 5.03. The van der Waals surface area contributed by atoms with Crippen LogP contribution < -0.4 is 5.43 Å². The van der Waals surface area contributed by atoms with Crippen LogP contribution in [0.15, 0.2) is 5.10 Å². The molecule has 70 valence electrons. The predicted molar refractivity (Wildman–Crippen MR) is 53.4 cm³/mol. The zero-order valence-corrected chi connectivity index (χ0v) is 8.48. The van der Waals surface area contributed by atoms with E-state index in [-0.39, 0.29) is 5.54 Å². The molecule has 0 aliphatic carbocycles. The molecule has 0 aromatic carbocycles. The van der Waals surface area contributed by atoms with Gasteiger partial charge in [0.2, 0.25) is 0 Å². The molecule has 0 saturated carbocycles. The first kappa shape index (κ1) is 9.56. The van der Waals surface area contributed by atoms with Crippen LogP contribution >= 0.6 is 0 Å². The highest BCUT2D eigenvalue weighted by Crippen LogP contribution is 2.23. The van der Waals surface area contributed by atoms with Crippen LogP contribution in [0.3, 0.4) is 0 Å². The summed E-state index contributed by atoms with van der Waals surface area (Å²) in [4.78, 5) is 0. The van der Waals surface area contributed by atoms with Gasteiger partial charge in [-0.1, -0.05) is 26.7 Å². The Morgan fingerprint density at radius 3 is 2.75 bits per heavy atom. The van der Waals surface area contributed by atoms with Gasteiger partial charge in [0.1, 0.15) is 0 Å². The molecule has 2 heteroatoms. The van der Waals surface area contributed by atoms with E-state index in [2.05, 4.69) is 31.3 Å². The van der Waals surface area contributed by atoms with Crippen molar-refractivity contribution in [1.82, 2.24) is 5.43 Å². The number of hydrogen-bond donors (Lipinski definition) is 1. The molecule has 12 heavy (non-hydrogen) atoms. The minimum atomic E-state index is 0.263. The lowest BCUT2D eigenvalue weighted by Gasteiger charge is -2.22. The third-order valence-corrected chi connectivity index (χ3v) is 2.42. The fraction of sp³-hybridized carbons (Fsp3) is 0.900. The molecule has 0 spiro atoms. The lowest BCUT2D eigenvalue weighted by molar-refractivity contribution is 0.371. The summed E-state index contributed by atoms with van der Waals surface area (Å²) in [7, 11) is 0. The molecule has 0 amide bonds. The molecule has 1 aliphatic rings. The number of hydrazone groups is 1. The van der Waals surface area contributed by atoms with Crippen LogP contribution in [-0.4, -0.2) is 11.3 Å². The largest absolute Gasteiger partial charge is 0.304 e. The van der Waals surface area contributed by atoms with Crippen LogP contribution in [0.4, 0.5) is 0 Å². The maximum absolute atomic E-state index is 4.36. The molecule has 1 atom stereocenters. The number of nitrogens with one attached hydrogen (secondary N) is 1. The van der Waals surface area contributed by atoms with E-state index in [1.54, 1.807) is 0 Å². The molecule has 1 heterocycles. The van der Waals surface area contributed by atoms with Crippen molar-refractivity contribution in [1.29, 1.82) is 0 Å². The van der Waals surface area contributed by atoms with E-state index in [4.69, 9.17) is 0 Å². The van der Waals surface area contributed by atoms with Crippen molar-refractivity contribution < 1.29 is 0 Å². The van der Waals surface area contributed by atoms with Gasteiger partial charge in [-0.25, -0.2) is 0 Å². The SMILES string of the molecule is CCCC1=NNC(C)(CCC)C1. The summed E-state index contributed by atoms with van der Waals surface area (Å²) in [6.45, 7) is 6.70. The minimum Gasteiger partial charge on any atom is -0.304 e. The lowest BCUT2D eigenvalue weighted by Crippen LogP contribution is -2.34. The molecular formula is C10H20N2. The first-order valence-electron chi connectivity index (χ1n) is 5.03. The van der Waals surface area contributed by atoms with Crippen molar-refractivity contribution in [2.24, 2.45) is 5.10 Å². The number of hydrogen-bond acceptors (Lipinski definition) is 2. The van der Waals surface area contributed by atoms with Crippen molar-refractivity contribution in [2.45, 2.75) is 58.4 Å². The molecule has 1 unspecified atom stereocenters. The lowest BCUT2D eigenvalue weighted by atomic mass is 9.91. The Morgan fingerprint density at radius 2 is 2.17 bits per heavy atom. The highest BCUT2D eigenvalue weighted by Gasteiger charge is 2.29. The van der Waals surface area contributed by atoms with Crippen LogP contribution in [0.5, 0.6) is 0 Å². The second kappa shape index (κ2) is 3.92. The van der Waals surface area contributed by atoms with Gasteiger partial charge in [-0.15, -0.1) is 0 Å². The van der Waals surface area contributed by atoms with Gasteiger partial charge in [0.25, 0.3) is 0 Å². The standard InChI is InChI=1S/C10H20N2/c1-4-6-9-8-10(3,7-5-2)12-11-9/h12H,4-8H2,1-3H3. The topological polar surface area (TPSA) is 24.4 Å². The second-order valence-electron chi connectivity index (χ2n) is 4.03. The quantitative estimate of drug-likeness (QED) is 0.685. The smallest absolute Gasteiger partial charge is 0.0573 e. The third-order valence-electron chi connectivity index (χ3n) is 2.42. The van der Waals surface area contributed by atoms with Gasteiger partial charge in [-0.2, -0.15) is 5.10 Å². The molecule has 0 bridgehead atoms. The zero-order chi connectivity index (χ0) is 9.03. The van der Waals surface area contributed by atoms with Gasteiger partial charge in [-0.05, 0) is 19.8 Å². The van der Waals surface area contributed by atoms with Gasteiger partial charge in [0, 0.05) is 12.1 Å². The Morgan fingerprint density at radius 1 is 1.42 bits per heavy atom. The summed E-state index contributed by atoms with van der Waals surface area (Å²) < 4.78 is 0. The average Bonchev–Trinajstić information content (AvgIpc) is 2.34. The number of rotatable bonds is 4. The van der Waals surface area contributed by atoms with Crippen LogP contribution in [0.2, 0.25) is 0 Å². The molecule has 0 saturated heterocycles. The maximum atomic E-state index is 4.36. The average molecular weight is 168 g/mol. The molecule has 0 radical (unpaired) electrons. The molecule has 0 aromatic rings. The minimum absolute atomic E-state index is 0.263. The Balaban J connectivity index is 2.38. The summed E-state index contributed by atoms with van der Waals surface area (Å²) in [5.41, 5.74) is 4.87. The summed E-state index contributed by atoms with van der Waals surface area (Å²) in [6, 6.07) is 0. The van der Waals surface area contributed by atoms with Crippen molar-refractivity contribution >= 4 is 5.71 Å². The maximum Gasteiger partial charge on any atom is 0.0573 e. The van der Waals surface area contributed by atoms with Gasteiger partial charge in [0.15, 0.2) is 0 Å². The Hall–Kier alpha value is -0.530. The Bertz CT molecular complexity index is 175. The van der Waals surface area contributed by atoms with E-state index in [0.29, 0.717) is 0 Å². The van der Waals surface area contributed by atoms with E-state index in [1.807, 2.05) is 0 Å². The summed E-state index contributed by atoms with van der Waals surface area (Å²) in [5.74, 6) is 0. The first-order chi connectivity index (χ1) is 5.70. The normalized spacial score (nSPS) is 28.4. The van der Waals surface area contributed by atoms with Crippen LogP contribution in [0.1, 0.15) is 52.9 Å². The van der Waals surface area contributed by atoms with Gasteiger partial charge < -0.3 is 5.43 Å². The van der Waals surface area contributed by atoms with Gasteiger partial charge in [0.05, 0.1) is 5.54 Å². The monoisotopic (exact) mass is 168 g/mol. The summed E-state index contributed by atoms with van der Waals surface area (Å²) >= 11 is 0. The molecule has 0 aromatic heterocycles. The molecule has 1 N–H and O–H groups in total. The highest BCUT2D eigenvalue weighted by molar-refractivity contribution is 5.86. The van der Waals surface area contributed by atoms with Crippen molar-refractivity contribution in [3.05, 3.63) is 0 Å². The molecule has 2 nitrogen and oxygen atoms in total. The fourth-order valence-electron chi connectivity index (χ4n) is 1.87. The highest BCUT2D eigenvalue weighted by atomic mass is 15.4.